The first-order valence-corrected chi connectivity index (χ1v) is 6.09. The number of anilines is 1. The molecule has 0 spiro atoms. The van der Waals surface area contributed by atoms with Crippen LogP contribution in [0.3, 0.4) is 0 Å². The van der Waals surface area contributed by atoms with Gasteiger partial charge in [-0.1, -0.05) is 6.42 Å². The number of hydrogen-bond donors (Lipinski definition) is 2. The fourth-order valence-electron chi connectivity index (χ4n) is 1.38. The van der Waals surface area contributed by atoms with Crippen LogP contribution in [0.4, 0.5) is 5.82 Å². The Balaban J connectivity index is 2.31. The fraction of sp³-hybridized carbons (Fsp3) is 0.545. The third-order valence-electron chi connectivity index (χ3n) is 2.22. The Labute approximate surface area is 99.6 Å². The van der Waals surface area contributed by atoms with Gasteiger partial charge in [0.25, 0.3) is 0 Å². The Hall–Kier alpha value is -0.610. The monoisotopic (exact) mass is 271 g/mol. The average Bonchev–Trinajstić information content (AvgIpc) is 2.20. The van der Waals surface area contributed by atoms with E-state index in [0.29, 0.717) is 0 Å². The lowest BCUT2D eigenvalue weighted by Crippen LogP contribution is -2.06. The van der Waals surface area contributed by atoms with E-state index >= 15 is 0 Å². The summed E-state index contributed by atoms with van der Waals surface area (Å²) in [5, 5.41) is 3.33. The predicted molar refractivity (Wildman–Crippen MR) is 68.1 cm³/mol. The van der Waals surface area contributed by atoms with Crippen molar-refractivity contribution >= 4 is 21.7 Å². The van der Waals surface area contributed by atoms with Gasteiger partial charge < -0.3 is 11.1 Å². The van der Waals surface area contributed by atoms with Gasteiger partial charge in [0.15, 0.2) is 0 Å². The third-order valence-corrected chi connectivity index (χ3v) is 2.65. The fourth-order valence-corrected chi connectivity index (χ4v) is 1.82. The van der Waals surface area contributed by atoms with Crippen molar-refractivity contribution in [1.82, 2.24) is 4.98 Å². The molecule has 1 aromatic heterocycles. The van der Waals surface area contributed by atoms with Crippen LogP contribution in [0, 0.1) is 6.92 Å². The molecule has 0 atom stereocenters. The summed E-state index contributed by atoms with van der Waals surface area (Å²) >= 11 is 3.39. The molecule has 0 aliphatic heterocycles. The molecule has 0 radical (unpaired) electrons. The zero-order chi connectivity index (χ0) is 11.1. The SMILES string of the molecule is Cc1cc(Br)cnc1NCCCCCN. The molecule has 15 heavy (non-hydrogen) atoms. The lowest BCUT2D eigenvalue weighted by Gasteiger charge is -2.08. The number of halogens is 1. The van der Waals surface area contributed by atoms with E-state index in [1.165, 1.54) is 12.0 Å². The van der Waals surface area contributed by atoms with Crippen LogP contribution < -0.4 is 11.1 Å². The summed E-state index contributed by atoms with van der Waals surface area (Å²) < 4.78 is 1.02. The van der Waals surface area contributed by atoms with Crippen molar-refractivity contribution in [2.75, 3.05) is 18.4 Å². The number of nitrogens with one attached hydrogen (secondary N) is 1. The topological polar surface area (TPSA) is 50.9 Å². The minimum atomic E-state index is 0.787. The van der Waals surface area contributed by atoms with E-state index in [1.807, 2.05) is 6.20 Å². The van der Waals surface area contributed by atoms with Gasteiger partial charge in [-0.25, -0.2) is 4.98 Å². The maximum Gasteiger partial charge on any atom is 0.128 e. The van der Waals surface area contributed by atoms with Crippen molar-refractivity contribution in [2.24, 2.45) is 5.73 Å². The van der Waals surface area contributed by atoms with Gasteiger partial charge in [-0.05, 0) is 53.9 Å². The molecule has 0 bridgehead atoms. The van der Waals surface area contributed by atoms with Crippen LogP contribution in [0.25, 0.3) is 0 Å². The van der Waals surface area contributed by atoms with Crippen LogP contribution >= 0.6 is 15.9 Å². The second kappa shape index (κ2) is 6.80. The highest BCUT2D eigenvalue weighted by Crippen LogP contribution is 2.16. The highest BCUT2D eigenvalue weighted by atomic mass is 79.9. The van der Waals surface area contributed by atoms with E-state index in [4.69, 9.17) is 5.73 Å². The van der Waals surface area contributed by atoms with Crippen molar-refractivity contribution in [2.45, 2.75) is 26.2 Å². The number of hydrogen-bond acceptors (Lipinski definition) is 3. The van der Waals surface area contributed by atoms with Crippen LogP contribution in [-0.2, 0) is 0 Å². The second-order valence-electron chi connectivity index (χ2n) is 3.60. The summed E-state index contributed by atoms with van der Waals surface area (Å²) in [5.74, 6) is 0.978. The van der Waals surface area contributed by atoms with Crippen LogP contribution in [0.15, 0.2) is 16.7 Å². The third kappa shape index (κ3) is 4.62. The number of aryl methyl sites for hydroxylation is 1. The van der Waals surface area contributed by atoms with E-state index in [-0.39, 0.29) is 0 Å². The maximum absolute atomic E-state index is 5.42. The molecular weight excluding hydrogens is 254 g/mol. The zero-order valence-electron chi connectivity index (χ0n) is 9.09. The molecule has 1 aromatic rings. The number of nitrogens with zero attached hydrogens (tertiary/aromatic N) is 1. The van der Waals surface area contributed by atoms with Crippen molar-refractivity contribution in [3.63, 3.8) is 0 Å². The molecule has 4 heteroatoms. The van der Waals surface area contributed by atoms with Crippen molar-refractivity contribution in [1.29, 1.82) is 0 Å². The average molecular weight is 272 g/mol. The van der Waals surface area contributed by atoms with E-state index in [0.717, 1.165) is 36.2 Å². The molecule has 0 amide bonds. The largest absolute Gasteiger partial charge is 0.370 e. The van der Waals surface area contributed by atoms with E-state index in [1.54, 1.807) is 0 Å². The van der Waals surface area contributed by atoms with Crippen LogP contribution in [-0.4, -0.2) is 18.1 Å². The van der Waals surface area contributed by atoms with Crippen LogP contribution in [0.1, 0.15) is 24.8 Å². The molecule has 0 unspecified atom stereocenters. The van der Waals surface area contributed by atoms with Crippen molar-refractivity contribution in [3.05, 3.63) is 22.3 Å². The Morgan fingerprint density at radius 2 is 2.20 bits per heavy atom. The number of pyridine rings is 1. The van der Waals surface area contributed by atoms with E-state index < -0.39 is 0 Å². The zero-order valence-corrected chi connectivity index (χ0v) is 10.7. The molecule has 3 nitrogen and oxygen atoms in total. The quantitative estimate of drug-likeness (QED) is 0.783. The van der Waals surface area contributed by atoms with Gasteiger partial charge >= 0.3 is 0 Å². The number of unbranched alkanes of at least 4 members (excludes halogenated alkanes) is 2. The molecule has 0 aliphatic rings. The molecule has 0 aromatic carbocycles. The Bertz CT molecular complexity index is 302. The first kappa shape index (κ1) is 12.5. The highest BCUT2D eigenvalue weighted by molar-refractivity contribution is 9.10. The van der Waals surface area contributed by atoms with Crippen LogP contribution in [0.2, 0.25) is 0 Å². The van der Waals surface area contributed by atoms with Gasteiger partial charge in [-0.15, -0.1) is 0 Å². The number of aromatic nitrogens is 1. The molecule has 3 N–H and O–H groups in total. The Kier molecular flexibility index (Phi) is 5.65. The number of nitrogens with two attached hydrogens (primary N) is 1. The van der Waals surface area contributed by atoms with Crippen LogP contribution in [0.5, 0.6) is 0 Å². The summed E-state index contributed by atoms with van der Waals surface area (Å²) in [5.41, 5.74) is 6.59. The standard InChI is InChI=1S/C11H18BrN3/c1-9-7-10(12)8-15-11(9)14-6-4-2-3-5-13/h7-8H,2-6,13H2,1H3,(H,14,15). The minimum Gasteiger partial charge on any atom is -0.370 e. The first-order valence-electron chi connectivity index (χ1n) is 5.30. The lowest BCUT2D eigenvalue weighted by atomic mass is 10.2. The van der Waals surface area contributed by atoms with Gasteiger partial charge in [0.05, 0.1) is 0 Å². The minimum absolute atomic E-state index is 0.787. The summed E-state index contributed by atoms with van der Waals surface area (Å²) in [6.45, 7) is 3.81. The molecule has 1 heterocycles. The first-order chi connectivity index (χ1) is 7.24. The Morgan fingerprint density at radius 3 is 2.87 bits per heavy atom. The predicted octanol–water partition coefficient (Wildman–Crippen LogP) is 2.69. The Morgan fingerprint density at radius 1 is 1.40 bits per heavy atom. The second-order valence-corrected chi connectivity index (χ2v) is 4.51. The van der Waals surface area contributed by atoms with Gasteiger partial charge in [-0.3, -0.25) is 0 Å². The molecule has 0 saturated carbocycles. The normalized spacial score (nSPS) is 10.3. The maximum atomic E-state index is 5.42. The lowest BCUT2D eigenvalue weighted by molar-refractivity contribution is 0.706. The van der Waals surface area contributed by atoms with Gasteiger partial charge in [0, 0.05) is 17.2 Å². The molecule has 0 fully saturated rings. The molecule has 1 rings (SSSR count). The molecule has 0 saturated heterocycles. The van der Waals surface area contributed by atoms with Gasteiger partial charge in [-0.2, -0.15) is 0 Å². The highest BCUT2D eigenvalue weighted by Gasteiger charge is 1.99. The smallest absolute Gasteiger partial charge is 0.128 e. The van der Waals surface area contributed by atoms with Crippen molar-refractivity contribution < 1.29 is 0 Å². The summed E-state index contributed by atoms with van der Waals surface area (Å²) in [6, 6.07) is 2.06. The van der Waals surface area contributed by atoms with Crippen molar-refractivity contribution in [3.8, 4) is 0 Å². The summed E-state index contributed by atoms with van der Waals surface area (Å²) in [7, 11) is 0. The van der Waals surface area contributed by atoms with Gasteiger partial charge in [0.2, 0.25) is 0 Å². The summed E-state index contributed by atoms with van der Waals surface area (Å²) in [4.78, 5) is 4.31. The van der Waals surface area contributed by atoms with Gasteiger partial charge in [0.1, 0.15) is 5.82 Å². The van der Waals surface area contributed by atoms with E-state index in [2.05, 4.69) is 39.2 Å². The van der Waals surface area contributed by atoms with E-state index in [9.17, 15) is 0 Å². The molecule has 0 aliphatic carbocycles. The summed E-state index contributed by atoms with van der Waals surface area (Å²) in [6.07, 6.45) is 5.25. The number of rotatable bonds is 6. The molecular formula is C11H18BrN3. The molecule has 84 valence electrons.